The Morgan fingerprint density at radius 2 is 2.41 bits per heavy atom. The van der Waals surface area contributed by atoms with Gasteiger partial charge in [0.25, 0.3) is 5.91 Å². The Bertz CT molecular complexity index is 649. The van der Waals surface area contributed by atoms with E-state index in [4.69, 9.17) is 0 Å². The molecule has 116 valence electrons. The van der Waals surface area contributed by atoms with E-state index in [1.54, 1.807) is 17.1 Å². The second-order valence-electron chi connectivity index (χ2n) is 5.58. The number of halogens is 1. The maximum absolute atomic E-state index is 12.2. The fourth-order valence-electron chi connectivity index (χ4n) is 2.64. The Labute approximate surface area is 138 Å². The monoisotopic (exact) mass is 362 g/mol. The van der Waals surface area contributed by atoms with E-state index >= 15 is 0 Å². The summed E-state index contributed by atoms with van der Waals surface area (Å²) in [7, 11) is 0. The number of nitrogens with one attached hydrogen (secondary N) is 2. The summed E-state index contributed by atoms with van der Waals surface area (Å²) in [5.74, 6) is 0.463. The van der Waals surface area contributed by atoms with Gasteiger partial charge in [0, 0.05) is 17.2 Å². The third-order valence-electron chi connectivity index (χ3n) is 3.87. The average Bonchev–Trinajstić information content (AvgIpc) is 3.04. The Morgan fingerprint density at radius 1 is 1.50 bits per heavy atom. The first-order chi connectivity index (χ1) is 10.7. The molecule has 22 heavy (non-hydrogen) atoms. The molecule has 1 aliphatic heterocycles. The summed E-state index contributed by atoms with van der Waals surface area (Å²) in [6.45, 7) is 2.79. The van der Waals surface area contributed by atoms with E-state index in [-0.39, 0.29) is 5.91 Å². The topological polar surface area (TPSA) is 59.0 Å². The molecule has 0 radical (unpaired) electrons. The molecule has 1 aromatic carbocycles. The number of carbonyl (C=O) groups excluding carboxylic acids is 1. The van der Waals surface area contributed by atoms with Gasteiger partial charge in [-0.3, -0.25) is 4.79 Å². The lowest BCUT2D eigenvalue weighted by Gasteiger charge is -2.22. The molecule has 2 heterocycles. The summed E-state index contributed by atoms with van der Waals surface area (Å²) in [5, 5.41) is 10.6. The molecule has 2 aromatic rings. The molecule has 1 atom stereocenters. The number of piperidine rings is 1. The van der Waals surface area contributed by atoms with Crippen LogP contribution < -0.4 is 10.6 Å². The van der Waals surface area contributed by atoms with Gasteiger partial charge in [-0.15, -0.1) is 0 Å². The van der Waals surface area contributed by atoms with E-state index in [0.29, 0.717) is 18.0 Å². The van der Waals surface area contributed by atoms with Crippen LogP contribution >= 0.6 is 15.9 Å². The van der Waals surface area contributed by atoms with Crippen molar-refractivity contribution in [2.24, 2.45) is 5.92 Å². The number of aromatic nitrogens is 2. The van der Waals surface area contributed by atoms with E-state index in [1.165, 1.54) is 12.8 Å². The number of rotatable bonds is 4. The molecule has 1 aromatic heterocycles. The fraction of sp³-hybridized carbons (Fsp3) is 0.375. The summed E-state index contributed by atoms with van der Waals surface area (Å²) in [6, 6.07) is 7.81. The molecule has 0 saturated carbocycles. The minimum Gasteiger partial charge on any atom is -0.352 e. The normalized spacial score (nSPS) is 18.1. The maximum atomic E-state index is 12.2. The molecule has 3 rings (SSSR count). The zero-order valence-corrected chi connectivity index (χ0v) is 13.8. The third-order valence-corrected chi connectivity index (χ3v) is 4.36. The van der Waals surface area contributed by atoms with Gasteiger partial charge in [0.05, 0.1) is 17.4 Å². The first-order valence-electron chi connectivity index (χ1n) is 7.52. The molecule has 5 nitrogen and oxygen atoms in total. The van der Waals surface area contributed by atoms with Crippen LogP contribution in [0.15, 0.2) is 41.1 Å². The first kappa shape index (κ1) is 15.2. The van der Waals surface area contributed by atoms with Crippen molar-refractivity contribution in [1.82, 2.24) is 20.4 Å². The zero-order chi connectivity index (χ0) is 15.4. The quantitative estimate of drug-likeness (QED) is 0.877. The predicted molar refractivity (Wildman–Crippen MR) is 89.2 cm³/mol. The van der Waals surface area contributed by atoms with Crippen molar-refractivity contribution in [1.29, 1.82) is 0 Å². The van der Waals surface area contributed by atoms with Gasteiger partial charge in [-0.2, -0.15) is 5.10 Å². The van der Waals surface area contributed by atoms with Crippen LogP contribution in [0.2, 0.25) is 0 Å². The van der Waals surface area contributed by atoms with E-state index < -0.39 is 0 Å². The number of carbonyl (C=O) groups is 1. The predicted octanol–water partition coefficient (Wildman–Crippen LogP) is 2.36. The summed E-state index contributed by atoms with van der Waals surface area (Å²) in [4.78, 5) is 12.2. The molecule has 0 bridgehead atoms. The van der Waals surface area contributed by atoms with E-state index in [9.17, 15) is 4.79 Å². The van der Waals surface area contributed by atoms with Crippen molar-refractivity contribution in [2.75, 3.05) is 19.6 Å². The molecule has 1 unspecified atom stereocenters. The number of hydrogen-bond acceptors (Lipinski definition) is 3. The Kier molecular flexibility index (Phi) is 4.90. The second kappa shape index (κ2) is 7.07. The molecule has 2 N–H and O–H groups in total. The van der Waals surface area contributed by atoms with Gasteiger partial charge >= 0.3 is 0 Å². The SMILES string of the molecule is O=C(NCC1CCCNC1)c1cnn(-c2cccc(Br)c2)c1. The minimum absolute atomic E-state index is 0.0631. The second-order valence-corrected chi connectivity index (χ2v) is 6.49. The Morgan fingerprint density at radius 3 is 3.18 bits per heavy atom. The molecule has 1 amide bonds. The van der Waals surface area contributed by atoms with Crippen LogP contribution in [0.4, 0.5) is 0 Å². The van der Waals surface area contributed by atoms with Crippen molar-refractivity contribution in [2.45, 2.75) is 12.8 Å². The third kappa shape index (κ3) is 3.75. The summed E-state index contributed by atoms with van der Waals surface area (Å²) in [5.41, 5.74) is 1.51. The van der Waals surface area contributed by atoms with Crippen LogP contribution in [0.25, 0.3) is 5.69 Å². The highest BCUT2D eigenvalue weighted by atomic mass is 79.9. The average molecular weight is 363 g/mol. The Balaban J connectivity index is 1.61. The van der Waals surface area contributed by atoms with Crippen molar-refractivity contribution < 1.29 is 4.79 Å². The lowest BCUT2D eigenvalue weighted by atomic mass is 10.00. The molecular weight excluding hydrogens is 344 g/mol. The highest BCUT2D eigenvalue weighted by molar-refractivity contribution is 9.10. The number of hydrogen-bond donors (Lipinski definition) is 2. The van der Waals surface area contributed by atoms with E-state index in [1.807, 2.05) is 24.3 Å². The highest BCUT2D eigenvalue weighted by Crippen LogP contribution is 2.15. The van der Waals surface area contributed by atoms with Gasteiger partial charge in [-0.1, -0.05) is 22.0 Å². The molecule has 1 aliphatic rings. The lowest BCUT2D eigenvalue weighted by Crippen LogP contribution is -2.38. The minimum atomic E-state index is -0.0631. The largest absolute Gasteiger partial charge is 0.352 e. The summed E-state index contributed by atoms with van der Waals surface area (Å²) >= 11 is 3.44. The first-order valence-corrected chi connectivity index (χ1v) is 8.31. The number of benzene rings is 1. The van der Waals surface area contributed by atoms with Crippen LogP contribution in [-0.2, 0) is 0 Å². The number of amides is 1. The highest BCUT2D eigenvalue weighted by Gasteiger charge is 2.15. The molecule has 0 aliphatic carbocycles. The van der Waals surface area contributed by atoms with Gasteiger partial charge in [0.1, 0.15) is 0 Å². The van der Waals surface area contributed by atoms with Gasteiger partial charge in [0.15, 0.2) is 0 Å². The van der Waals surface area contributed by atoms with Crippen molar-refractivity contribution in [3.8, 4) is 5.69 Å². The lowest BCUT2D eigenvalue weighted by molar-refractivity contribution is 0.0945. The van der Waals surface area contributed by atoms with Gasteiger partial charge in [0.2, 0.25) is 0 Å². The van der Waals surface area contributed by atoms with Crippen molar-refractivity contribution >= 4 is 21.8 Å². The van der Waals surface area contributed by atoms with Crippen LogP contribution in [0.5, 0.6) is 0 Å². The standard InChI is InChI=1S/C16H19BrN4O/c17-14-4-1-5-15(7-14)21-11-13(10-20-21)16(22)19-9-12-3-2-6-18-8-12/h1,4-5,7,10-12,18H,2-3,6,8-9H2,(H,19,22). The maximum Gasteiger partial charge on any atom is 0.254 e. The smallest absolute Gasteiger partial charge is 0.254 e. The van der Waals surface area contributed by atoms with Crippen molar-refractivity contribution in [3.63, 3.8) is 0 Å². The van der Waals surface area contributed by atoms with E-state index in [0.717, 1.165) is 23.2 Å². The zero-order valence-electron chi connectivity index (χ0n) is 12.3. The molecule has 1 saturated heterocycles. The molecule has 1 fully saturated rings. The fourth-order valence-corrected chi connectivity index (χ4v) is 3.02. The van der Waals surface area contributed by atoms with Crippen LogP contribution in [-0.4, -0.2) is 35.3 Å². The van der Waals surface area contributed by atoms with Gasteiger partial charge in [-0.25, -0.2) is 4.68 Å². The molecule has 0 spiro atoms. The van der Waals surface area contributed by atoms with Crippen LogP contribution in [0, 0.1) is 5.92 Å². The summed E-state index contributed by atoms with van der Waals surface area (Å²) in [6.07, 6.45) is 5.72. The molecular formula is C16H19BrN4O. The molecule has 6 heteroatoms. The number of nitrogens with zero attached hydrogens (tertiary/aromatic N) is 2. The van der Waals surface area contributed by atoms with Gasteiger partial charge in [-0.05, 0) is 50.0 Å². The van der Waals surface area contributed by atoms with Crippen LogP contribution in [0.1, 0.15) is 23.2 Å². The van der Waals surface area contributed by atoms with E-state index in [2.05, 4.69) is 31.7 Å². The van der Waals surface area contributed by atoms with Gasteiger partial charge < -0.3 is 10.6 Å². The van der Waals surface area contributed by atoms with Crippen molar-refractivity contribution in [3.05, 3.63) is 46.7 Å². The summed E-state index contributed by atoms with van der Waals surface area (Å²) < 4.78 is 2.69. The Hall–Kier alpha value is -1.66. The van der Waals surface area contributed by atoms with Crippen LogP contribution in [0.3, 0.4) is 0 Å².